The van der Waals surface area contributed by atoms with E-state index in [4.69, 9.17) is 5.11 Å². The standard InChI is InChI=1S/C15H21NO2/c1-12-5-4-8-16(10-12)11-14-7-3-2-6-13(14)9-15(17)18/h2-3,6-7,12H,4-5,8-11H2,1H3,(H,17,18). The maximum atomic E-state index is 10.9. The lowest BCUT2D eigenvalue weighted by molar-refractivity contribution is -0.136. The molecule has 2 rings (SSSR count). The van der Waals surface area contributed by atoms with Gasteiger partial charge in [-0.15, -0.1) is 0 Å². The molecule has 1 aliphatic rings. The summed E-state index contributed by atoms with van der Waals surface area (Å²) in [5, 5.41) is 8.93. The number of hydrogen-bond acceptors (Lipinski definition) is 2. The van der Waals surface area contributed by atoms with Crippen LogP contribution in [0.15, 0.2) is 24.3 Å². The van der Waals surface area contributed by atoms with Crippen LogP contribution in [0.5, 0.6) is 0 Å². The number of aliphatic carboxylic acids is 1. The Hall–Kier alpha value is -1.35. The Balaban J connectivity index is 2.05. The average molecular weight is 247 g/mol. The second-order valence-corrected chi connectivity index (χ2v) is 5.32. The Morgan fingerprint density at radius 3 is 2.78 bits per heavy atom. The van der Waals surface area contributed by atoms with Crippen molar-refractivity contribution in [3.63, 3.8) is 0 Å². The average Bonchev–Trinajstić information content (AvgIpc) is 2.31. The highest BCUT2D eigenvalue weighted by molar-refractivity contribution is 5.70. The Morgan fingerprint density at radius 1 is 1.39 bits per heavy atom. The summed E-state index contributed by atoms with van der Waals surface area (Å²) in [5.41, 5.74) is 2.11. The second-order valence-electron chi connectivity index (χ2n) is 5.32. The lowest BCUT2D eigenvalue weighted by Crippen LogP contribution is -2.34. The van der Waals surface area contributed by atoms with Gasteiger partial charge in [0.2, 0.25) is 0 Å². The van der Waals surface area contributed by atoms with E-state index in [1.54, 1.807) is 0 Å². The van der Waals surface area contributed by atoms with Gasteiger partial charge in [0.1, 0.15) is 0 Å². The van der Waals surface area contributed by atoms with Crippen molar-refractivity contribution in [2.45, 2.75) is 32.7 Å². The highest BCUT2D eigenvalue weighted by Gasteiger charge is 2.17. The fourth-order valence-corrected chi connectivity index (χ4v) is 2.72. The summed E-state index contributed by atoms with van der Waals surface area (Å²) in [4.78, 5) is 13.3. The molecule has 98 valence electrons. The molecule has 3 heteroatoms. The number of benzene rings is 1. The molecule has 1 saturated heterocycles. The summed E-state index contributed by atoms with van der Waals surface area (Å²) in [6.07, 6.45) is 2.69. The molecule has 0 radical (unpaired) electrons. The van der Waals surface area contributed by atoms with Crippen molar-refractivity contribution >= 4 is 5.97 Å². The highest BCUT2D eigenvalue weighted by Crippen LogP contribution is 2.19. The number of piperidine rings is 1. The molecule has 0 bridgehead atoms. The molecule has 1 atom stereocenters. The van der Waals surface area contributed by atoms with E-state index in [-0.39, 0.29) is 6.42 Å². The van der Waals surface area contributed by atoms with Crippen LogP contribution in [0, 0.1) is 5.92 Å². The zero-order valence-corrected chi connectivity index (χ0v) is 10.9. The number of hydrogen-bond donors (Lipinski definition) is 1. The first-order chi connectivity index (χ1) is 8.65. The van der Waals surface area contributed by atoms with E-state index >= 15 is 0 Å². The fraction of sp³-hybridized carbons (Fsp3) is 0.533. The Labute approximate surface area is 108 Å². The van der Waals surface area contributed by atoms with Gasteiger partial charge in [0.15, 0.2) is 0 Å². The summed E-state index contributed by atoms with van der Waals surface area (Å²) in [5.74, 6) is -0.000141. The minimum Gasteiger partial charge on any atom is -0.481 e. The SMILES string of the molecule is CC1CCCN(Cc2ccccc2CC(=O)O)C1. The van der Waals surface area contributed by atoms with E-state index in [9.17, 15) is 4.79 Å². The first-order valence-electron chi connectivity index (χ1n) is 6.66. The van der Waals surface area contributed by atoms with Gasteiger partial charge in [-0.3, -0.25) is 9.69 Å². The molecule has 1 heterocycles. The number of carboxylic acids is 1. The minimum absolute atomic E-state index is 0.125. The van der Waals surface area contributed by atoms with E-state index in [1.165, 1.54) is 12.8 Å². The molecule has 3 nitrogen and oxygen atoms in total. The van der Waals surface area contributed by atoms with Crippen LogP contribution in [0.1, 0.15) is 30.9 Å². The largest absolute Gasteiger partial charge is 0.481 e. The van der Waals surface area contributed by atoms with Gasteiger partial charge < -0.3 is 5.11 Å². The zero-order chi connectivity index (χ0) is 13.0. The highest BCUT2D eigenvalue weighted by atomic mass is 16.4. The number of likely N-dealkylation sites (tertiary alicyclic amines) is 1. The van der Waals surface area contributed by atoms with Gasteiger partial charge in [-0.05, 0) is 36.4 Å². The van der Waals surface area contributed by atoms with Crippen LogP contribution in [0.3, 0.4) is 0 Å². The Morgan fingerprint density at radius 2 is 2.11 bits per heavy atom. The predicted octanol–water partition coefficient (Wildman–Crippen LogP) is 2.55. The van der Waals surface area contributed by atoms with Crippen molar-refractivity contribution < 1.29 is 9.90 Å². The lowest BCUT2D eigenvalue weighted by atomic mass is 9.98. The molecular weight excluding hydrogens is 226 g/mol. The molecule has 0 saturated carbocycles. The summed E-state index contributed by atoms with van der Waals surface area (Å²) in [6.45, 7) is 5.43. The number of nitrogens with zero attached hydrogens (tertiary/aromatic N) is 1. The molecule has 1 N–H and O–H groups in total. The minimum atomic E-state index is -0.755. The van der Waals surface area contributed by atoms with Crippen LogP contribution < -0.4 is 0 Å². The van der Waals surface area contributed by atoms with E-state index in [0.717, 1.165) is 36.7 Å². The van der Waals surface area contributed by atoms with Crippen molar-refractivity contribution in [1.29, 1.82) is 0 Å². The van der Waals surface area contributed by atoms with Crippen molar-refractivity contribution in [1.82, 2.24) is 4.90 Å². The Kier molecular flexibility index (Phi) is 4.37. The van der Waals surface area contributed by atoms with Gasteiger partial charge in [0.25, 0.3) is 0 Å². The Bertz CT molecular complexity index is 417. The summed E-state index contributed by atoms with van der Waals surface area (Å²) < 4.78 is 0. The first kappa shape index (κ1) is 13.1. The smallest absolute Gasteiger partial charge is 0.307 e. The maximum absolute atomic E-state index is 10.9. The molecule has 18 heavy (non-hydrogen) atoms. The zero-order valence-electron chi connectivity index (χ0n) is 10.9. The topological polar surface area (TPSA) is 40.5 Å². The fourth-order valence-electron chi connectivity index (χ4n) is 2.72. The molecular formula is C15H21NO2. The van der Waals surface area contributed by atoms with Crippen LogP contribution >= 0.6 is 0 Å². The van der Waals surface area contributed by atoms with Gasteiger partial charge in [0, 0.05) is 13.1 Å². The van der Waals surface area contributed by atoms with E-state index in [2.05, 4.69) is 17.9 Å². The third-order valence-corrected chi connectivity index (χ3v) is 3.60. The van der Waals surface area contributed by atoms with Crippen molar-refractivity contribution in [3.05, 3.63) is 35.4 Å². The van der Waals surface area contributed by atoms with Gasteiger partial charge in [-0.2, -0.15) is 0 Å². The van der Waals surface area contributed by atoms with Crippen LogP contribution in [-0.4, -0.2) is 29.1 Å². The van der Waals surface area contributed by atoms with Crippen LogP contribution in [-0.2, 0) is 17.8 Å². The third kappa shape index (κ3) is 3.57. The normalized spacial score (nSPS) is 20.8. The first-order valence-corrected chi connectivity index (χ1v) is 6.66. The number of carboxylic acid groups (broad SMARTS) is 1. The maximum Gasteiger partial charge on any atom is 0.307 e. The van der Waals surface area contributed by atoms with E-state index in [1.807, 2.05) is 18.2 Å². The second kappa shape index (κ2) is 6.01. The van der Waals surface area contributed by atoms with Gasteiger partial charge in [-0.1, -0.05) is 31.2 Å². The van der Waals surface area contributed by atoms with Gasteiger partial charge in [-0.25, -0.2) is 0 Å². The number of carbonyl (C=O) groups is 1. The lowest BCUT2D eigenvalue weighted by Gasteiger charge is -2.31. The molecule has 1 fully saturated rings. The quantitative estimate of drug-likeness (QED) is 0.889. The monoisotopic (exact) mass is 247 g/mol. The summed E-state index contributed by atoms with van der Waals surface area (Å²) >= 11 is 0. The van der Waals surface area contributed by atoms with E-state index in [0.29, 0.717) is 0 Å². The molecule has 1 aromatic carbocycles. The van der Waals surface area contributed by atoms with Gasteiger partial charge >= 0.3 is 5.97 Å². The van der Waals surface area contributed by atoms with Crippen molar-refractivity contribution in [2.75, 3.05) is 13.1 Å². The van der Waals surface area contributed by atoms with Crippen LogP contribution in [0.2, 0.25) is 0 Å². The molecule has 0 aliphatic carbocycles. The molecule has 0 aromatic heterocycles. The van der Waals surface area contributed by atoms with Gasteiger partial charge in [0.05, 0.1) is 6.42 Å². The third-order valence-electron chi connectivity index (χ3n) is 3.60. The molecule has 0 spiro atoms. The van der Waals surface area contributed by atoms with Crippen molar-refractivity contribution in [2.24, 2.45) is 5.92 Å². The number of rotatable bonds is 4. The van der Waals surface area contributed by atoms with Crippen LogP contribution in [0.4, 0.5) is 0 Å². The molecule has 0 amide bonds. The van der Waals surface area contributed by atoms with E-state index < -0.39 is 5.97 Å². The summed E-state index contributed by atoms with van der Waals surface area (Å²) in [6, 6.07) is 7.89. The molecule has 1 unspecified atom stereocenters. The summed E-state index contributed by atoms with van der Waals surface area (Å²) in [7, 11) is 0. The van der Waals surface area contributed by atoms with Crippen molar-refractivity contribution in [3.8, 4) is 0 Å². The molecule has 1 aromatic rings. The van der Waals surface area contributed by atoms with Crippen LogP contribution in [0.25, 0.3) is 0 Å². The molecule has 1 aliphatic heterocycles. The predicted molar refractivity (Wildman–Crippen MR) is 71.5 cm³/mol.